The molecule has 0 saturated carbocycles. The fourth-order valence-corrected chi connectivity index (χ4v) is 15.8. The molecule has 6 aliphatic rings. The van der Waals surface area contributed by atoms with E-state index in [0.29, 0.717) is 94.8 Å². The topological polar surface area (TPSA) is 253 Å². The van der Waals surface area contributed by atoms with E-state index >= 15 is 8.78 Å². The number of fused-ring (bicyclic) bond motifs is 1. The van der Waals surface area contributed by atoms with E-state index < -0.39 is 52.6 Å². The van der Waals surface area contributed by atoms with E-state index in [1.807, 2.05) is 88.7 Å². The summed E-state index contributed by atoms with van der Waals surface area (Å²) in [7, 11) is 0. The highest BCUT2D eigenvalue weighted by atomic mass is 32.1. The lowest BCUT2D eigenvalue weighted by atomic mass is 9.82. The third-order valence-electron chi connectivity index (χ3n) is 20.8. The van der Waals surface area contributed by atoms with Gasteiger partial charge in [-0.15, -0.1) is 11.3 Å². The van der Waals surface area contributed by atoms with Crippen LogP contribution in [0.5, 0.6) is 0 Å². The maximum absolute atomic E-state index is 15.8. The Kier molecular flexibility index (Phi) is 22.8. The number of piperidine rings is 2. The van der Waals surface area contributed by atoms with Gasteiger partial charge in [0.2, 0.25) is 35.4 Å². The van der Waals surface area contributed by atoms with Crippen LogP contribution in [0.1, 0.15) is 133 Å². The highest BCUT2D eigenvalue weighted by Gasteiger charge is 2.46. The van der Waals surface area contributed by atoms with E-state index in [2.05, 4.69) is 86.4 Å². The molecule has 6 saturated heterocycles. The average molecular weight is 1370 g/mol. The molecular weight excluding hydrogens is 1270 g/mol. The van der Waals surface area contributed by atoms with E-state index in [-0.39, 0.29) is 73.1 Å². The van der Waals surface area contributed by atoms with Gasteiger partial charge in [0.05, 0.1) is 46.0 Å². The van der Waals surface area contributed by atoms with Crippen LogP contribution in [-0.2, 0) is 48.4 Å². The van der Waals surface area contributed by atoms with Gasteiger partial charge in [-0.3, -0.25) is 33.7 Å². The Morgan fingerprint density at radius 1 is 0.755 bits per heavy atom. The molecule has 528 valence electrons. The van der Waals surface area contributed by atoms with Gasteiger partial charge < -0.3 is 61.5 Å². The third kappa shape index (κ3) is 18.4. The quantitative estimate of drug-likeness (QED) is 0.0293. The molecule has 98 heavy (non-hydrogen) atoms. The minimum absolute atomic E-state index is 0.00344. The first-order valence-corrected chi connectivity index (χ1v) is 35.9. The molecule has 8 heterocycles. The highest BCUT2D eigenvalue weighted by molar-refractivity contribution is 7.13. The molecule has 6 amide bonds. The molecule has 11 rings (SSSR count). The molecule has 25 heteroatoms. The van der Waals surface area contributed by atoms with Gasteiger partial charge in [0.1, 0.15) is 41.7 Å². The fourth-order valence-electron chi connectivity index (χ4n) is 14.9. The van der Waals surface area contributed by atoms with E-state index in [1.54, 1.807) is 16.2 Å². The minimum Gasteiger partial charge on any atom is -0.391 e. The molecule has 0 bridgehead atoms. The van der Waals surface area contributed by atoms with Crippen molar-refractivity contribution in [2.45, 2.75) is 156 Å². The molecule has 6 fully saturated rings. The molecule has 0 radical (unpaired) electrons. The predicted octanol–water partition coefficient (Wildman–Crippen LogP) is 6.92. The van der Waals surface area contributed by atoms with Crippen LogP contribution in [0.4, 0.5) is 26.1 Å². The van der Waals surface area contributed by atoms with Crippen molar-refractivity contribution in [2.24, 2.45) is 22.7 Å². The number of carbonyl (C=O) groups excluding carboxylic acids is 6. The Labute approximate surface area is 578 Å². The number of aliphatic hydroxyl groups excluding tert-OH is 1. The Bertz CT molecular complexity index is 3630. The number of aromatic nitrogens is 3. The number of aryl methyl sites for hydroxylation is 1. The standard InChI is InChI=1S/C73H99F2N15O7S/c1-47(51-12-14-52(15-13-51)67-48(2)81-46-98-67)82-69(96)60-32-56(91)42-90(60)70(97)68(71(3,4)5)83-65(94)17-16-63(92)76-23-9-24-86-38-54-40-87(41-55(54)39-86)25-18-64(93)78-36-50-11-8-10-49(30-50)35-77-61-34-62(80-45-79-61)88-28-21-73(22-29-88)44-89(43-66(95)84-73)59-33-57(74)53(31-58(59)75)37-85-26-19-72(6,7)20-27-85/h8,10-15,30-31,33-34,45-47,54-56,60,68,91H,9,16-29,32,35-44H2,1-7H3,(H,76,92)(H,78,93)(H,82,96)(H,83,94)(H,84,95)(H,77,79,80)/t47-,54-,55+,56+,60-,68+/m0/s1. The lowest BCUT2D eigenvalue weighted by Gasteiger charge is -2.48. The highest BCUT2D eigenvalue weighted by Crippen LogP contribution is 2.37. The number of hydrogen-bond acceptors (Lipinski definition) is 17. The number of amides is 6. The van der Waals surface area contributed by atoms with Crippen LogP contribution in [0.3, 0.4) is 0 Å². The van der Waals surface area contributed by atoms with Crippen molar-refractivity contribution < 1.29 is 42.7 Å². The van der Waals surface area contributed by atoms with Crippen LogP contribution in [0.25, 0.3) is 10.4 Å². The third-order valence-corrected chi connectivity index (χ3v) is 21.8. The van der Waals surface area contributed by atoms with Crippen LogP contribution in [0.2, 0.25) is 0 Å². The number of thiazole rings is 1. The number of nitrogens with one attached hydrogen (secondary N) is 6. The Hall–Kier alpha value is -7.71. The monoisotopic (exact) mass is 1370 g/mol. The molecule has 22 nitrogen and oxygen atoms in total. The van der Waals surface area contributed by atoms with Crippen molar-refractivity contribution in [2.75, 3.05) is 107 Å². The SMILES string of the molecule is Cc1ncsc1-c1ccc([C@H](C)NC(=O)[C@@H]2C[C@@H](O)CN2C(=O)[C@@H](NC(=O)CCC(=O)NCCCN2C[C@@H]3CN(CCC(=O)NCc4cccc(CNc5cc(N6CCC7(CC6)CN(c6cc(F)c(CN8CCC(C)(C)CC8)cc6F)CC(=O)N7)ncn5)c4)C[C@@H]3C2)C(C)(C)C)cc1. The minimum atomic E-state index is -1.00. The van der Waals surface area contributed by atoms with Crippen molar-refractivity contribution >= 4 is 64.1 Å². The number of carbonyl (C=O) groups is 6. The van der Waals surface area contributed by atoms with E-state index in [0.717, 1.165) is 104 Å². The second-order valence-electron chi connectivity index (χ2n) is 30.1. The lowest BCUT2D eigenvalue weighted by Crippen LogP contribution is -2.66. The molecular formula is C73H99F2N15O7S. The van der Waals surface area contributed by atoms with Crippen LogP contribution in [-0.4, -0.2) is 190 Å². The van der Waals surface area contributed by atoms with Gasteiger partial charge in [0.15, 0.2) is 0 Å². The molecule has 3 aromatic carbocycles. The zero-order valence-electron chi connectivity index (χ0n) is 57.9. The average Bonchev–Trinajstić information content (AvgIpc) is 0.954. The molecule has 5 aromatic rings. The van der Waals surface area contributed by atoms with Gasteiger partial charge in [0, 0.05) is 128 Å². The van der Waals surface area contributed by atoms with Crippen molar-refractivity contribution in [3.63, 3.8) is 0 Å². The normalized spacial score (nSPS) is 21.7. The van der Waals surface area contributed by atoms with Gasteiger partial charge in [-0.05, 0) is 117 Å². The predicted molar refractivity (Wildman–Crippen MR) is 375 cm³/mol. The number of β-amino-alcohol motifs (C(OH)–C–C–N with tert-alkyl or cyclic N) is 1. The second-order valence-corrected chi connectivity index (χ2v) is 30.9. The summed E-state index contributed by atoms with van der Waals surface area (Å²) in [5.74, 6) is -0.268. The second kappa shape index (κ2) is 31.2. The van der Waals surface area contributed by atoms with Crippen LogP contribution in [0.15, 0.2) is 78.6 Å². The molecule has 0 unspecified atom stereocenters. The van der Waals surface area contributed by atoms with Crippen LogP contribution in [0, 0.1) is 41.2 Å². The first-order chi connectivity index (χ1) is 46.8. The lowest BCUT2D eigenvalue weighted by molar-refractivity contribution is -0.144. The Morgan fingerprint density at radius 3 is 2.13 bits per heavy atom. The number of piperazine rings is 1. The Morgan fingerprint density at radius 2 is 1.44 bits per heavy atom. The molecule has 6 aliphatic heterocycles. The molecule has 6 atom stereocenters. The summed E-state index contributed by atoms with van der Waals surface area (Å²) in [6.07, 6.45) is 4.94. The number of aliphatic hydroxyl groups is 1. The number of halogens is 2. The summed E-state index contributed by atoms with van der Waals surface area (Å²) in [6, 6.07) is 18.2. The van der Waals surface area contributed by atoms with Crippen molar-refractivity contribution in [3.05, 3.63) is 118 Å². The van der Waals surface area contributed by atoms with Gasteiger partial charge in [-0.2, -0.15) is 0 Å². The van der Waals surface area contributed by atoms with E-state index in [4.69, 9.17) is 0 Å². The van der Waals surface area contributed by atoms with Gasteiger partial charge in [-0.1, -0.05) is 83.1 Å². The molecule has 2 aromatic heterocycles. The number of benzene rings is 3. The zero-order chi connectivity index (χ0) is 69.5. The van der Waals surface area contributed by atoms with Crippen LogP contribution >= 0.6 is 11.3 Å². The van der Waals surface area contributed by atoms with E-state index in [1.165, 1.54) is 23.4 Å². The zero-order valence-corrected chi connectivity index (χ0v) is 58.8. The van der Waals surface area contributed by atoms with Gasteiger partial charge >= 0.3 is 0 Å². The summed E-state index contributed by atoms with van der Waals surface area (Å²) in [6.45, 7) is 24.1. The summed E-state index contributed by atoms with van der Waals surface area (Å²) in [4.78, 5) is 107. The van der Waals surface area contributed by atoms with Crippen molar-refractivity contribution in [1.29, 1.82) is 0 Å². The summed E-state index contributed by atoms with van der Waals surface area (Å²) >= 11 is 1.57. The molecule has 1 spiro atoms. The summed E-state index contributed by atoms with van der Waals surface area (Å²) < 4.78 is 31.4. The maximum atomic E-state index is 15.8. The maximum Gasteiger partial charge on any atom is 0.246 e. The number of nitrogens with zero attached hydrogens (tertiary/aromatic N) is 9. The molecule has 0 aliphatic carbocycles. The summed E-state index contributed by atoms with van der Waals surface area (Å²) in [5, 5.41) is 29.3. The number of likely N-dealkylation sites (tertiary alicyclic amines) is 4. The van der Waals surface area contributed by atoms with Gasteiger partial charge in [-0.25, -0.2) is 23.7 Å². The fraction of sp³-hybridized carbons (Fsp3) is 0.575. The van der Waals surface area contributed by atoms with Crippen molar-refractivity contribution in [3.8, 4) is 10.4 Å². The number of hydrogen-bond donors (Lipinski definition) is 7. The largest absolute Gasteiger partial charge is 0.391 e. The number of anilines is 3. The Balaban J connectivity index is 0.543. The van der Waals surface area contributed by atoms with Crippen LogP contribution < -0.4 is 41.7 Å². The first kappa shape index (κ1) is 71.6. The number of rotatable bonds is 25. The first-order valence-electron chi connectivity index (χ1n) is 35.0. The van der Waals surface area contributed by atoms with Crippen molar-refractivity contribution in [1.82, 2.24) is 61.1 Å². The smallest absolute Gasteiger partial charge is 0.246 e. The summed E-state index contributed by atoms with van der Waals surface area (Å²) in [5.41, 5.74) is 6.09. The van der Waals surface area contributed by atoms with E-state index in [9.17, 15) is 33.9 Å². The van der Waals surface area contributed by atoms with Gasteiger partial charge in [0.25, 0.3) is 0 Å². The molecule has 7 N–H and O–H groups in total.